The average Bonchev–Trinajstić information content (AvgIpc) is 2.23. The normalized spacial score (nSPS) is 11.1. The predicted octanol–water partition coefficient (Wildman–Crippen LogP) is 0.422. The van der Waals surface area contributed by atoms with E-state index in [1.165, 1.54) is 0 Å². The van der Waals surface area contributed by atoms with Crippen LogP contribution in [0.4, 0.5) is 0 Å². The number of nitrogens with two attached hydrogens (primary N) is 1. The Balaban J connectivity index is 0. The molecular formula is C10H23BrN2O4S. The monoisotopic (exact) mass is 346 g/mol. The lowest BCUT2D eigenvalue weighted by atomic mass is 10.1. The van der Waals surface area contributed by atoms with Crippen LogP contribution < -0.4 is 11.1 Å². The van der Waals surface area contributed by atoms with Gasteiger partial charge in [-0.3, -0.25) is 10.1 Å². The summed E-state index contributed by atoms with van der Waals surface area (Å²) in [5, 5.41) is 2.52. The molecule has 0 aromatic rings. The van der Waals surface area contributed by atoms with Crippen LogP contribution in [0, 0.1) is 5.92 Å². The molecule has 0 unspecified atom stereocenters. The molecule has 0 radical (unpaired) electrons. The van der Waals surface area contributed by atoms with E-state index in [4.69, 9.17) is 10.5 Å². The molecule has 0 aliphatic carbocycles. The number of rotatable bonds is 9. The van der Waals surface area contributed by atoms with Crippen molar-refractivity contribution in [2.45, 2.75) is 26.7 Å². The predicted molar refractivity (Wildman–Crippen MR) is 76.2 cm³/mol. The first-order valence-corrected chi connectivity index (χ1v) is 7.46. The van der Waals surface area contributed by atoms with Gasteiger partial charge in [0.2, 0.25) is 0 Å². The van der Waals surface area contributed by atoms with Crippen molar-refractivity contribution in [1.82, 2.24) is 5.32 Å². The summed E-state index contributed by atoms with van der Waals surface area (Å²) in [7, 11) is -3.24. The molecule has 110 valence electrons. The van der Waals surface area contributed by atoms with Gasteiger partial charge < -0.3 is 10.5 Å². The Labute approximate surface area is 119 Å². The van der Waals surface area contributed by atoms with Gasteiger partial charge in [0.1, 0.15) is 12.5 Å². The highest BCUT2D eigenvalue weighted by atomic mass is 79.9. The molecule has 0 heterocycles. The highest BCUT2D eigenvalue weighted by Crippen LogP contribution is 2.04. The largest absolute Gasteiger partial charge is 0.465 e. The fourth-order valence-corrected chi connectivity index (χ4v) is 1.96. The molecule has 0 bridgehead atoms. The minimum atomic E-state index is -3.24. The number of sulfone groups is 1. The van der Waals surface area contributed by atoms with Crippen LogP contribution in [0.25, 0.3) is 0 Å². The third kappa shape index (κ3) is 12.3. The quantitative estimate of drug-likeness (QED) is 0.463. The number of ether oxygens (including phenoxy) is 1. The summed E-state index contributed by atoms with van der Waals surface area (Å²) in [6.45, 7) is 4.03. The summed E-state index contributed by atoms with van der Waals surface area (Å²) in [6, 6.07) is 0. The topological polar surface area (TPSA) is 98.5 Å². The van der Waals surface area contributed by atoms with E-state index in [2.05, 4.69) is 5.32 Å². The van der Waals surface area contributed by atoms with Crippen LogP contribution >= 0.6 is 17.0 Å². The lowest BCUT2D eigenvalue weighted by Crippen LogP contribution is -2.31. The number of hydrogen-bond acceptors (Lipinski definition) is 6. The maximum atomic E-state index is 11.3. The lowest BCUT2D eigenvalue weighted by Gasteiger charge is -2.07. The Kier molecular flexibility index (Phi) is 12.0. The molecule has 3 N–H and O–H groups in total. The van der Waals surface area contributed by atoms with Crippen molar-refractivity contribution in [2.75, 3.05) is 24.9 Å². The number of hydrogen-bond donors (Lipinski definition) is 2. The van der Waals surface area contributed by atoms with Gasteiger partial charge in [0.05, 0.1) is 5.75 Å². The van der Waals surface area contributed by atoms with Crippen molar-refractivity contribution in [3.8, 4) is 0 Å². The van der Waals surface area contributed by atoms with Crippen molar-refractivity contribution in [2.24, 2.45) is 11.7 Å². The molecule has 0 atom stereocenters. The van der Waals surface area contributed by atoms with E-state index in [0.29, 0.717) is 12.3 Å². The molecule has 0 aliphatic rings. The van der Waals surface area contributed by atoms with Gasteiger partial charge in [0.15, 0.2) is 9.84 Å². The molecule has 8 heteroatoms. The Morgan fingerprint density at radius 2 is 2.00 bits per heavy atom. The zero-order chi connectivity index (χ0) is 13.3. The van der Waals surface area contributed by atoms with Crippen molar-refractivity contribution < 1.29 is 17.9 Å². The molecule has 0 aromatic heterocycles. The number of carbonyl (C=O) groups excluding carboxylic acids is 1. The van der Waals surface area contributed by atoms with E-state index in [1.54, 1.807) is 0 Å². The van der Waals surface area contributed by atoms with E-state index in [9.17, 15) is 13.2 Å². The fourth-order valence-electron chi connectivity index (χ4n) is 1.05. The average molecular weight is 347 g/mol. The zero-order valence-corrected chi connectivity index (χ0v) is 13.4. The van der Waals surface area contributed by atoms with Gasteiger partial charge in [-0.25, -0.2) is 8.42 Å². The highest BCUT2D eigenvalue weighted by molar-refractivity contribution is 8.93. The first kappa shape index (κ1) is 20.1. The Hall–Kier alpha value is -0.180. The first-order chi connectivity index (χ1) is 7.87. The van der Waals surface area contributed by atoms with Crippen LogP contribution in [0.5, 0.6) is 0 Å². The maximum absolute atomic E-state index is 11.3. The third-order valence-corrected chi connectivity index (χ3v) is 3.48. The van der Waals surface area contributed by atoms with Gasteiger partial charge in [0, 0.05) is 13.1 Å². The van der Waals surface area contributed by atoms with Crippen molar-refractivity contribution in [1.29, 1.82) is 0 Å². The molecular weight excluding hydrogens is 324 g/mol. The summed E-state index contributed by atoms with van der Waals surface area (Å²) >= 11 is 0. The summed E-state index contributed by atoms with van der Waals surface area (Å²) in [5.74, 6) is -0.277. The molecule has 0 saturated heterocycles. The Morgan fingerprint density at radius 3 is 2.50 bits per heavy atom. The number of halogens is 1. The number of carbonyl (C=O) groups is 1. The van der Waals surface area contributed by atoms with E-state index in [0.717, 1.165) is 6.42 Å². The van der Waals surface area contributed by atoms with E-state index < -0.39 is 9.84 Å². The van der Waals surface area contributed by atoms with Gasteiger partial charge in [-0.15, -0.1) is 17.0 Å². The SMILES string of the molecule is Br.CC(C)CCC(=O)OCCS(=O)(=O)CNCN. The minimum Gasteiger partial charge on any atom is -0.465 e. The van der Waals surface area contributed by atoms with E-state index >= 15 is 0 Å². The first-order valence-electron chi connectivity index (χ1n) is 5.64. The highest BCUT2D eigenvalue weighted by Gasteiger charge is 2.11. The lowest BCUT2D eigenvalue weighted by molar-refractivity contribution is -0.143. The molecule has 0 spiro atoms. The Morgan fingerprint density at radius 1 is 1.39 bits per heavy atom. The van der Waals surface area contributed by atoms with Crippen LogP contribution in [-0.4, -0.2) is 39.3 Å². The zero-order valence-electron chi connectivity index (χ0n) is 10.8. The standard InChI is InChI=1S/C10H22N2O4S.BrH/c1-9(2)3-4-10(13)16-5-6-17(14,15)8-12-7-11;/h9,12H,3-8,11H2,1-2H3;1H. The molecule has 6 nitrogen and oxygen atoms in total. The van der Waals surface area contributed by atoms with Gasteiger partial charge in [-0.2, -0.15) is 0 Å². The minimum absolute atomic E-state index is 0. The molecule has 0 fully saturated rings. The van der Waals surface area contributed by atoms with Crippen LogP contribution in [-0.2, 0) is 19.4 Å². The molecule has 0 aromatic carbocycles. The smallest absolute Gasteiger partial charge is 0.305 e. The molecule has 0 aliphatic heterocycles. The van der Waals surface area contributed by atoms with Gasteiger partial charge in [-0.1, -0.05) is 13.8 Å². The van der Waals surface area contributed by atoms with E-state index in [1.807, 2.05) is 13.8 Å². The van der Waals surface area contributed by atoms with Crippen LogP contribution in [0.3, 0.4) is 0 Å². The molecule has 0 rings (SSSR count). The summed E-state index contributed by atoms with van der Waals surface area (Å²) in [4.78, 5) is 11.2. The third-order valence-electron chi connectivity index (χ3n) is 2.05. The summed E-state index contributed by atoms with van der Waals surface area (Å²) in [5.41, 5.74) is 5.12. The van der Waals surface area contributed by atoms with Gasteiger partial charge >= 0.3 is 5.97 Å². The van der Waals surface area contributed by atoms with Gasteiger partial charge in [-0.05, 0) is 12.3 Å². The van der Waals surface area contributed by atoms with Crippen LogP contribution in [0.2, 0.25) is 0 Å². The molecule has 0 amide bonds. The number of esters is 1. The maximum Gasteiger partial charge on any atom is 0.305 e. The van der Waals surface area contributed by atoms with Crippen molar-refractivity contribution >= 4 is 32.8 Å². The second kappa shape index (κ2) is 10.7. The van der Waals surface area contributed by atoms with Gasteiger partial charge in [0.25, 0.3) is 0 Å². The van der Waals surface area contributed by atoms with Crippen molar-refractivity contribution in [3.05, 3.63) is 0 Å². The molecule has 18 heavy (non-hydrogen) atoms. The second-order valence-electron chi connectivity index (χ2n) is 4.20. The number of nitrogens with one attached hydrogen (secondary N) is 1. The van der Waals surface area contributed by atoms with Crippen molar-refractivity contribution in [3.63, 3.8) is 0 Å². The fraction of sp³-hybridized carbons (Fsp3) is 0.900. The summed E-state index contributed by atoms with van der Waals surface area (Å²) in [6.07, 6.45) is 1.08. The van der Waals surface area contributed by atoms with E-state index in [-0.39, 0.29) is 47.9 Å². The van der Waals surface area contributed by atoms with Crippen LogP contribution in [0.15, 0.2) is 0 Å². The Bertz CT molecular complexity index is 320. The summed E-state index contributed by atoms with van der Waals surface area (Å²) < 4.78 is 27.5. The molecule has 0 saturated carbocycles. The second-order valence-corrected chi connectivity index (χ2v) is 6.38. The van der Waals surface area contributed by atoms with Crippen LogP contribution in [0.1, 0.15) is 26.7 Å².